The number of hydrogen-bond acceptors (Lipinski definition) is 5. The second-order valence-corrected chi connectivity index (χ2v) is 6.06. The Labute approximate surface area is 159 Å². The number of carbonyl (C=O) groups is 2. The maximum absolute atomic E-state index is 12.4. The first-order valence-corrected chi connectivity index (χ1v) is 8.78. The number of para-hydroxylation sites is 1. The number of esters is 1. The first kappa shape index (κ1) is 20.3. The molecule has 1 N–H and O–H groups in total. The van der Waals surface area contributed by atoms with Crippen LogP contribution in [0.25, 0.3) is 0 Å². The van der Waals surface area contributed by atoms with Crippen LogP contribution < -0.4 is 14.8 Å². The number of nitrogens with one attached hydrogen (secondary N) is 1. The first-order valence-electron chi connectivity index (χ1n) is 8.78. The fourth-order valence-electron chi connectivity index (χ4n) is 2.70. The Morgan fingerprint density at radius 1 is 1.00 bits per heavy atom. The molecule has 6 heteroatoms. The molecule has 0 aliphatic rings. The van der Waals surface area contributed by atoms with Gasteiger partial charge in [0, 0.05) is 5.69 Å². The molecule has 1 amide bonds. The van der Waals surface area contributed by atoms with Gasteiger partial charge in [-0.15, -0.1) is 0 Å². The molecule has 27 heavy (non-hydrogen) atoms. The van der Waals surface area contributed by atoms with E-state index in [1.807, 2.05) is 24.3 Å². The molecule has 2 aromatic rings. The van der Waals surface area contributed by atoms with E-state index >= 15 is 0 Å². The largest absolute Gasteiger partial charge is 0.496 e. The number of anilines is 1. The van der Waals surface area contributed by atoms with Crippen LogP contribution in [0.2, 0.25) is 0 Å². The van der Waals surface area contributed by atoms with Gasteiger partial charge in [0.1, 0.15) is 17.1 Å². The van der Waals surface area contributed by atoms with E-state index in [9.17, 15) is 9.59 Å². The lowest BCUT2D eigenvalue weighted by Crippen LogP contribution is -2.22. The smallest absolute Gasteiger partial charge is 0.346 e. The summed E-state index contributed by atoms with van der Waals surface area (Å²) in [6.45, 7) is 3.78. The van der Waals surface area contributed by atoms with Gasteiger partial charge in [-0.3, -0.25) is 4.79 Å². The van der Waals surface area contributed by atoms with Gasteiger partial charge in [-0.25, -0.2) is 4.79 Å². The fraction of sp³-hybridized carbons (Fsp3) is 0.333. The van der Waals surface area contributed by atoms with Gasteiger partial charge < -0.3 is 19.5 Å². The van der Waals surface area contributed by atoms with Crippen molar-refractivity contribution >= 4 is 17.6 Å². The van der Waals surface area contributed by atoms with Crippen molar-refractivity contribution in [3.63, 3.8) is 0 Å². The molecule has 6 nitrogen and oxygen atoms in total. The summed E-state index contributed by atoms with van der Waals surface area (Å²) in [5.74, 6) is -0.145. The monoisotopic (exact) mass is 371 g/mol. The molecular weight excluding hydrogens is 346 g/mol. The Morgan fingerprint density at radius 3 is 2.22 bits per heavy atom. The Bertz CT molecular complexity index is 781. The SMILES string of the molecule is CCC(C)c1ccccc1NC(=O)COC(=O)c1c(OC)cccc1OC. The third kappa shape index (κ3) is 5.00. The van der Waals surface area contributed by atoms with Crippen LogP contribution in [-0.4, -0.2) is 32.7 Å². The van der Waals surface area contributed by atoms with Crippen LogP contribution in [0.3, 0.4) is 0 Å². The summed E-state index contributed by atoms with van der Waals surface area (Å²) in [4.78, 5) is 24.7. The highest BCUT2D eigenvalue weighted by Crippen LogP contribution is 2.29. The highest BCUT2D eigenvalue weighted by atomic mass is 16.5. The van der Waals surface area contributed by atoms with Crippen LogP contribution in [0, 0.1) is 0 Å². The van der Waals surface area contributed by atoms with Crippen LogP contribution in [0.4, 0.5) is 5.69 Å². The Balaban J connectivity index is 2.06. The molecule has 0 heterocycles. The van der Waals surface area contributed by atoms with Gasteiger partial charge in [-0.2, -0.15) is 0 Å². The third-order valence-corrected chi connectivity index (χ3v) is 4.34. The van der Waals surface area contributed by atoms with Crippen molar-refractivity contribution in [3.05, 3.63) is 53.6 Å². The third-order valence-electron chi connectivity index (χ3n) is 4.34. The van der Waals surface area contributed by atoms with Crippen molar-refractivity contribution in [2.45, 2.75) is 26.2 Å². The van der Waals surface area contributed by atoms with Crippen LogP contribution in [0.1, 0.15) is 42.1 Å². The van der Waals surface area contributed by atoms with Crippen molar-refractivity contribution in [2.24, 2.45) is 0 Å². The van der Waals surface area contributed by atoms with Crippen molar-refractivity contribution < 1.29 is 23.8 Å². The topological polar surface area (TPSA) is 73.9 Å². The number of rotatable bonds is 8. The van der Waals surface area contributed by atoms with Crippen LogP contribution in [-0.2, 0) is 9.53 Å². The van der Waals surface area contributed by atoms with Gasteiger partial charge in [0.2, 0.25) is 0 Å². The average molecular weight is 371 g/mol. The van der Waals surface area contributed by atoms with E-state index in [0.29, 0.717) is 17.4 Å². The number of carbonyl (C=O) groups excluding carboxylic acids is 2. The lowest BCUT2D eigenvalue weighted by Gasteiger charge is -2.16. The number of ether oxygens (including phenoxy) is 3. The van der Waals surface area contributed by atoms with Crippen molar-refractivity contribution in [2.75, 3.05) is 26.1 Å². The van der Waals surface area contributed by atoms with Gasteiger partial charge in [0.15, 0.2) is 6.61 Å². The molecule has 0 bridgehead atoms. The first-order chi connectivity index (χ1) is 13.0. The van der Waals surface area contributed by atoms with E-state index in [1.54, 1.807) is 18.2 Å². The minimum atomic E-state index is -0.685. The molecule has 0 aliphatic heterocycles. The van der Waals surface area contributed by atoms with Gasteiger partial charge in [0.25, 0.3) is 5.91 Å². The van der Waals surface area contributed by atoms with E-state index in [2.05, 4.69) is 19.2 Å². The number of hydrogen-bond donors (Lipinski definition) is 1. The summed E-state index contributed by atoms with van der Waals surface area (Å²) in [5, 5.41) is 2.81. The minimum absolute atomic E-state index is 0.148. The normalized spacial score (nSPS) is 11.4. The van der Waals surface area contributed by atoms with Gasteiger partial charge in [-0.1, -0.05) is 38.1 Å². The molecule has 2 aromatic carbocycles. The molecule has 2 rings (SSSR count). The number of amides is 1. The van der Waals surface area contributed by atoms with Crippen LogP contribution >= 0.6 is 0 Å². The van der Waals surface area contributed by atoms with E-state index < -0.39 is 18.5 Å². The molecule has 0 saturated heterocycles. The van der Waals surface area contributed by atoms with Crippen molar-refractivity contribution in [1.29, 1.82) is 0 Å². The molecule has 0 aromatic heterocycles. The molecule has 0 fully saturated rings. The maximum atomic E-state index is 12.4. The minimum Gasteiger partial charge on any atom is -0.496 e. The van der Waals surface area contributed by atoms with Gasteiger partial charge >= 0.3 is 5.97 Å². The van der Waals surface area contributed by atoms with E-state index in [1.165, 1.54) is 14.2 Å². The maximum Gasteiger partial charge on any atom is 0.346 e. The standard InChI is InChI=1S/C21H25NO5/c1-5-14(2)15-9-6-7-10-16(15)22-19(23)13-27-21(24)20-17(25-3)11-8-12-18(20)26-4/h6-12,14H,5,13H2,1-4H3,(H,22,23). The van der Waals surface area contributed by atoms with E-state index in [4.69, 9.17) is 14.2 Å². The Kier molecular flexibility index (Phi) is 7.23. The highest BCUT2D eigenvalue weighted by molar-refractivity contribution is 5.98. The van der Waals surface area contributed by atoms with Gasteiger partial charge in [-0.05, 0) is 36.1 Å². The molecule has 144 valence electrons. The molecule has 0 spiro atoms. The van der Waals surface area contributed by atoms with Crippen molar-refractivity contribution in [3.8, 4) is 11.5 Å². The Hall–Kier alpha value is -3.02. The Morgan fingerprint density at radius 2 is 1.63 bits per heavy atom. The second kappa shape index (κ2) is 9.62. The van der Waals surface area contributed by atoms with Gasteiger partial charge in [0.05, 0.1) is 14.2 Å². The lowest BCUT2D eigenvalue weighted by molar-refractivity contribution is -0.119. The highest BCUT2D eigenvalue weighted by Gasteiger charge is 2.21. The molecule has 0 aliphatic carbocycles. The average Bonchev–Trinajstić information content (AvgIpc) is 2.71. The molecule has 0 radical (unpaired) electrons. The van der Waals surface area contributed by atoms with Crippen LogP contribution in [0.5, 0.6) is 11.5 Å². The zero-order chi connectivity index (χ0) is 19.8. The molecule has 1 atom stereocenters. The van der Waals surface area contributed by atoms with Crippen molar-refractivity contribution in [1.82, 2.24) is 0 Å². The summed E-state index contributed by atoms with van der Waals surface area (Å²) in [6, 6.07) is 12.6. The predicted octanol–water partition coefficient (Wildman–Crippen LogP) is 4.01. The summed E-state index contributed by atoms with van der Waals surface area (Å²) in [6.07, 6.45) is 0.954. The quantitative estimate of drug-likeness (QED) is 0.710. The molecular formula is C21H25NO5. The van der Waals surface area contributed by atoms with E-state index in [0.717, 1.165) is 17.7 Å². The number of benzene rings is 2. The zero-order valence-corrected chi connectivity index (χ0v) is 16.1. The fourth-order valence-corrected chi connectivity index (χ4v) is 2.70. The summed E-state index contributed by atoms with van der Waals surface area (Å²) in [5.41, 5.74) is 1.92. The van der Waals surface area contributed by atoms with E-state index in [-0.39, 0.29) is 5.56 Å². The summed E-state index contributed by atoms with van der Waals surface area (Å²) >= 11 is 0. The molecule has 0 saturated carbocycles. The zero-order valence-electron chi connectivity index (χ0n) is 16.1. The van der Waals surface area contributed by atoms with Crippen LogP contribution in [0.15, 0.2) is 42.5 Å². The predicted molar refractivity (Wildman–Crippen MR) is 104 cm³/mol. The lowest BCUT2D eigenvalue weighted by atomic mass is 9.97. The second-order valence-electron chi connectivity index (χ2n) is 6.06. The molecule has 1 unspecified atom stereocenters. The number of methoxy groups -OCH3 is 2. The summed E-state index contributed by atoms with van der Waals surface area (Å²) in [7, 11) is 2.90. The summed E-state index contributed by atoms with van der Waals surface area (Å²) < 4.78 is 15.5.